The third kappa shape index (κ3) is 53.4. The molecular weight excluding hydrogens is 891 g/mol. The van der Waals surface area contributed by atoms with Crippen LogP contribution in [0.25, 0.3) is 0 Å². The summed E-state index contributed by atoms with van der Waals surface area (Å²) in [4.78, 5) is 63.0. The number of carbonyl (C=O) groups excluding carboxylic acids is 5. The van der Waals surface area contributed by atoms with Crippen LogP contribution in [0.5, 0.6) is 0 Å². The Morgan fingerprint density at radius 3 is 0.901 bits per heavy atom. The Morgan fingerprint density at radius 2 is 0.592 bits per heavy atom. The van der Waals surface area contributed by atoms with Gasteiger partial charge in [-0.2, -0.15) is 0 Å². The quantitative estimate of drug-likeness (QED) is 0.0403. The van der Waals surface area contributed by atoms with Crippen molar-refractivity contribution in [1.29, 1.82) is 0 Å². The Bertz CT molecular complexity index is 1200. The molecule has 0 rings (SSSR count). The minimum Gasteiger partial charge on any atom is -0.464 e. The summed E-state index contributed by atoms with van der Waals surface area (Å²) in [6, 6.07) is 0. The first-order valence-corrected chi connectivity index (χ1v) is 30.5. The minimum atomic E-state index is -0.717. The van der Waals surface area contributed by atoms with E-state index in [4.69, 9.17) is 14.2 Å². The number of hydrogen-bond acceptors (Lipinski definition) is 8. The lowest BCUT2D eigenvalue weighted by Gasteiger charge is -2.17. The van der Waals surface area contributed by atoms with Crippen molar-refractivity contribution in [3.05, 3.63) is 0 Å². The van der Waals surface area contributed by atoms with Crippen LogP contribution in [0.2, 0.25) is 0 Å². The normalized spacial score (nSPS) is 11.6. The zero-order valence-corrected chi connectivity index (χ0v) is 46.9. The zero-order chi connectivity index (χ0) is 51.8. The van der Waals surface area contributed by atoms with E-state index in [0.29, 0.717) is 25.8 Å². The summed E-state index contributed by atoms with van der Waals surface area (Å²) in [5.74, 6) is -1.76. The van der Waals surface area contributed by atoms with E-state index in [-0.39, 0.29) is 70.1 Å². The maximum Gasteiger partial charge on any atom is 0.311 e. The summed E-state index contributed by atoms with van der Waals surface area (Å²) < 4.78 is 16.7. The predicted octanol–water partition coefficient (Wildman–Crippen LogP) is 15.3. The SMILES string of the molecule is CCCCCCCCCCCCCCCC(=O)NCCOCC(CCC(=O)OCCNC(=O)CCCCCCCCCCCCCCC)C(=O)OCCNC(=O)CCCCCCCCCCCCCCC. The standard InChI is InChI=1S/C60H115N3O8/c1-4-7-10-13-16-19-22-25-28-31-34-37-40-43-56(64)61-48-51-69-54-55(60(68)71-53-50-63-58(66)45-42-39-36-33-30-27-24-21-18-15-12-9-6-3)46-47-59(67)70-52-49-62-57(65)44-41-38-35-32-29-26-23-20-17-14-11-8-5-2/h55H,4-54H2,1-3H3,(H,61,64)(H,62,65)(H,63,66). The van der Waals surface area contributed by atoms with Gasteiger partial charge < -0.3 is 30.2 Å². The lowest BCUT2D eigenvalue weighted by atomic mass is 10.0. The van der Waals surface area contributed by atoms with E-state index in [1.54, 1.807) is 0 Å². The summed E-state index contributed by atoms with van der Waals surface area (Å²) in [6.07, 6.45) is 50.7. The fraction of sp³-hybridized carbons (Fsp3) is 0.917. The number of rotatable bonds is 57. The molecule has 11 nitrogen and oxygen atoms in total. The van der Waals surface area contributed by atoms with Crippen LogP contribution in [0.4, 0.5) is 0 Å². The van der Waals surface area contributed by atoms with Crippen molar-refractivity contribution in [3.8, 4) is 0 Å². The average molecular weight is 1010 g/mol. The van der Waals surface area contributed by atoms with Crippen molar-refractivity contribution in [3.63, 3.8) is 0 Å². The number of esters is 2. The molecule has 0 aliphatic heterocycles. The molecule has 71 heavy (non-hydrogen) atoms. The van der Waals surface area contributed by atoms with Crippen LogP contribution in [0.15, 0.2) is 0 Å². The number of hydrogen-bond donors (Lipinski definition) is 3. The van der Waals surface area contributed by atoms with Gasteiger partial charge in [0.1, 0.15) is 13.2 Å². The summed E-state index contributed by atoms with van der Waals surface area (Å²) in [7, 11) is 0. The Kier molecular flexibility index (Phi) is 54.5. The number of amides is 3. The molecule has 3 N–H and O–H groups in total. The van der Waals surface area contributed by atoms with Crippen LogP contribution in [-0.4, -0.2) is 75.7 Å². The number of carbonyl (C=O) groups is 5. The van der Waals surface area contributed by atoms with Crippen LogP contribution in [0.1, 0.15) is 303 Å². The molecule has 418 valence electrons. The fourth-order valence-electron chi connectivity index (χ4n) is 9.11. The minimum absolute atomic E-state index is 0.00212. The topological polar surface area (TPSA) is 149 Å². The smallest absolute Gasteiger partial charge is 0.311 e. The van der Waals surface area contributed by atoms with Gasteiger partial charge in [-0.3, -0.25) is 24.0 Å². The Balaban J connectivity index is 4.44. The van der Waals surface area contributed by atoms with Gasteiger partial charge in [-0.25, -0.2) is 0 Å². The van der Waals surface area contributed by atoms with Crippen molar-refractivity contribution in [2.45, 2.75) is 303 Å². The van der Waals surface area contributed by atoms with Gasteiger partial charge >= 0.3 is 11.9 Å². The van der Waals surface area contributed by atoms with Gasteiger partial charge in [0.25, 0.3) is 0 Å². The number of ether oxygens (including phenoxy) is 3. The highest BCUT2D eigenvalue weighted by Gasteiger charge is 2.22. The first-order valence-electron chi connectivity index (χ1n) is 30.5. The molecule has 0 fully saturated rings. The molecule has 0 radical (unpaired) electrons. The van der Waals surface area contributed by atoms with Gasteiger partial charge in [0.15, 0.2) is 0 Å². The molecule has 1 unspecified atom stereocenters. The second-order valence-electron chi connectivity index (χ2n) is 20.7. The maximum atomic E-state index is 13.2. The second-order valence-corrected chi connectivity index (χ2v) is 20.7. The molecule has 0 aliphatic rings. The molecule has 0 heterocycles. The Morgan fingerprint density at radius 1 is 0.324 bits per heavy atom. The highest BCUT2D eigenvalue weighted by Crippen LogP contribution is 2.17. The molecule has 0 aliphatic carbocycles. The van der Waals surface area contributed by atoms with Gasteiger partial charge in [0.05, 0.1) is 32.2 Å². The first-order chi connectivity index (χ1) is 34.8. The van der Waals surface area contributed by atoms with E-state index in [0.717, 1.165) is 51.4 Å². The van der Waals surface area contributed by atoms with E-state index in [1.165, 1.54) is 199 Å². The van der Waals surface area contributed by atoms with Gasteiger partial charge in [-0.15, -0.1) is 0 Å². The van der Waals surface area contributed by atoms with Gasteiger partial charge in [0.2, 0.25) is 17.7 Å². The molecule has 11 heteroatoms. The monoisotopic (exact) mass is 1010 g/mol. The lowest BCUT2D eigenvalue weighted by Crippen LogP contribution is -2.31. The zero-order valence-electron chi connectivity index (χ0n) is 46.9. The molecule has 3 amide bonds. The van der Waals surface area contributed by atoms with Crippen molar-refractivity contribution in [1.82, 2.24) is 16.0 Å². The molecular formula is C60H115N3O8. The first kappa shape index (κ1) is 68.3. The third-order valence-corrected chi connectivity index (χ3v) is 13.8. The molecule has 0 aromatic heterocycles. The average Bonchev–Trinajstić information content (AvgIpc) is 3.36. The molecule has 0 saturated carbocycles. The summed E-state index contributed by atoms with van der Waals surface area (Å²) >= 11 is 0. The summed E-state index contributed by atoms with van der Waals surface area (Å²) in [6.45, 7) is 7.91. The van der Waals surface area contributed by atoms with Crippen LogP contribution in [0.3, 0.4) is 0 Å². The number of nitrogens with one attached hydrogen (secondary N) is 3. The van der Waals surface area contributed by atoms with Crippen LogP contribution >= 0.6 is 0 Å². The van der Waals surface area contributed by atoms with Crippen molar-refractivity contribution >= 4 is 29.7 Å². The van der Waals surface area contributed by atoms with Crippen LogP contribution in [0, 0.1) is 5.92 Å². The predicted molar refractivity (Wildman–Crippen MR) is 295 cm³/mol. The number of unbranched alkanes of at least 4 members (excludes halogenated alkanes) is 36. The molecule has 0 aromatic rings. The molecule has 0 bridgehead atoms. The Labute approximate surface area is 437 Å². The highest BCUT2D eigenvalue weighted by atomic mass is 16.5. The van der Waals surface area contributed by atoms with Gasteiger partial charge in [-0.1, -0.05) is 252 Å². The second kappa shape index (κ2) is 56.6. The highest BCUT2D eigenvalue weighted by molar-refractivity contribution is 5.77. The van der Waals surface area contributed by atoms with Crippen molar-refractivity contribution in [2.24, 2.45) is 5.92 Å². The van der Waals surface area contributed by atoms with Crippen molar-refractivity contribution < 1.29 is 38.2 Å². The van der Waals surface area contributed by atoms with Gasteiger partial charge in [-0.05, 0) is 25.7 Å². The van der Waals surface area contributed by atoms with Crippen molar-refractivity contribution in [2.75, 3.05) is 46.1 Å². The molecule has 0 spiro atoms. The Hall–Kier alpha value is -2.69. The van der Waals surface area contributed by atoms with Gasteiger partial charge in [0, 0.05) is 32.2 Å². The summed E-state index contributed by atoms with van der Waals surface area (Å²) in [5.41, 5.74) is 0. The van der Waals surface area contributed by atoms with E-state index in [9.17, 15) is 24.0 Å². The summed E-state index contributed by atoms with van der Waals surface area (Å²) in [5, 5.41) is 8.62. The molecule has 0 saturated heterocycles. The molecule has 0 aromatic carbocycles. The van der Waals surface area contributed by atoms with Crippen LogP contribution in [-0.2, 0) is 38.2 Å². The van der Waals surface area contributed by atoms with E-state index in [1.807, 2.05) is 0 Å². The van der Waals surface area contributed by atoms with Crippen LogP contribution < -0.4 is 16.0 Å². The third-order valence-electron chi connectivity index (χ3n) is 13.8. The maximum absolute atomic E-state index is 13.2. The largest absolute Gasteiger partial charge is 0.464 e. The van der Waals surface area contributed by atoms with E-state index >= 15 is 0 Å². The van der Waals surface area contributed by atoms with E-state index < -0.39 is 17.9 Å². The van der Waals surface area contributed by atoms with E-state index in [2.05, 4.69) is 36.7 Å². The molecule has 1 atom stereocenters. The fourth-order valence-corrected chi connectivity index (χ4v) is 9.11. The lowest BCUT2D eigenvalue weighted by molar-refractivity contribution is -0.152.